The summed E-state index contributed by atoms with van der Waals surface area (Å²) < 4.78 is 4.22. The SMILES string of the molecule is CN=C(NCCCCn1ccnc1C)N(C)Cc1cc(Cl)cn1C.I. The molecular weight excluding hydrogens is 451 g/mol. The molecule has 6 nitrogen and oxygen atoms in total. The van der Waals surface area contributed by atoms with E-state index in [0.29, 0.717) is 0 Å². The molecule has 8 heteroatoms. The van der Waals surface area contributed by atoms with E-state index >= 15 is 0 Å². The Morgan fingerprint density at radius 3 is 2.72 bits per heavy atom. The summed E-state index contributed by atoms with van der Waals surface area (Å²) in [5, 5.41) is 4.18. The van der Waals surface area contributed by atoms with E-state index in [2.05, 4.69) is 24.8 Å². The van der Waals surface area contributed by atoms with E-state index in [1.54, 1.807) is 0 Å². The van der Waals surface area contributed by atoms with Crippen molar-refractivity contribution in [2.45, 2.75) is 32.9 Å². The van der Waals surface area contributed by atoms with Gasteiger partial charge in [0.1, 0.15) is 5.82 Å². The van der Waals surface area contributed by atoms with Crippen LogP contribution in [-0.4, -0.2) is 45.6 Å². The van der Waals surface area contributed by atoms with E-state index in [1.807, 2.05) is 57.3 Å². The fourth-order valence-corrected chi connectivity index (χ4v) is 2.95. The Morgan fingerprint density at radius 1 is 1.40 bits per heavy atom. The first-order chi connectivity index (χ1) is 11.5. The Bertz CT molecular complexity index is 678. The highest BCUT2D eigenvalue weighted by Crippen LogP contribution is 2.14. The Kier molecular flexibility index (Phi) is 9.34. The molecule has 2 aromatic heterocycles. The third-order valence-electron chi connectivity index (χ3n) is 4.08. The summed E-state index contributed by atoms with van der Waals surface area (Å²) in [5.41, 5.74) is 1.15. The van der Waals surface area contributed by atoms with E-state index in [-0.39, 0.29) is 24.0 Å². The Labute approximate surface area is 172 Å². The zero-order valence-electron chi connectivity index (χ0n) is 15.4. The maximum Gasteiger partial charge on any atom is 0.193 e. The number of aromatic nitrogens is 3. The lowest BCUT2D eigenvalue weighted by Gasteiger charge is -2.22. The van der Waals surface area contributed by atoms with Crippen LogP contribution in [0.15, 0.2) is 29.6 Å². The largest absolute Gasteiger partial charge is 0.356 e. The molecule has 0 amide bonds. The van der Waals surface area contributed by atoms with Gasteiger partial charge in [-0.25, -0.2) is 4.98 Å². The average Bonchev–Trinajstić information content (AvgIpc) is 3.08. The van der Waals surface area contributed by atoms with Crippen molar-refractivity contribution in [1.29, 1.82) is 0 Å². The first-order valence-corrected chi connectivity index (χ1v) is 8.59. The molecule has 2 rings (SSSR count). The number of halogens is 2. The first kappa shape index (κ1) is 21.8. The van der Waals surface area contributed by atoms with E-state index in [0.717, 1.165) is 55.0 Å². The second-order valence-corrected chi connectivity index (χ2v) is 6.40. The molecule has 0 aliphatic heterocycles. The van der Waals surface area contributed by atoms with Gasteiger partial charge in [-0.15, -0.1) is 24.0 Å². The fraction of sp³-hybridized carbons (Fsp3) is 0.529. The van der Waals surface area contributed by atoms with Gasteiger partial charge in [0.2, 0.25) is 0 Å². The van der Waals surface area contributed by atoms with Gasteiger partial charge in [-0.2, -0.15) is 0 Å². The van der Waals surface area contributed by atoms with Gasteiger partial charge in [0.15, 0.2) is 5.96 Å². The van der Waals surface area contributed by atoms with Gasteiger partial charge in [0, 0.05) is 58.5 Å². The van der Waals surface area contributed by atoms with Crippen molar-refractivity contribution >= 4 is 41.5 Å². The van der Waals surface area contributed by atoms with Crippen LogP contribution in [-0.2, 0) is 20.1 Å². The summed E-state index contributed by atoms with van der Waals surface area (Å²) in [6.07, 6.45) is 7.98. The summed E-state index contributed by atoms with van der Waals surface area (Å²) in [6, 6.07) is 1.98. The minimum Gasteiger partial charge on any atom is -0.356 e. The molecule has 140 valence electrons. The molecule has 0 fully saturated rings. The lowest BCUT2D eigenvalue weighted by atomic mass is 10.3. The molecule has 0 saturated heterocycles. The van der Waals surface area contributed by atoms with Crippen LogP contribution < -0.4 is 5.32 Å². The topological polar surface area (TPSA) is 50.4 Å². The van der Waals surface area contributed by atoms with Crippen molar-refractivity contribution < 1.29 is 0 Å². The number of aryl methyl sites for hydroxylation is 3. The monoisotopic (exact) mass is 478 g/mol. The number of guanidine groups is 1. The predicted molar refractivity (Wildman–Crippen MR) is 115 cm³/mol. The Morgan fingerprint density at radius 2 is 2.16 bits per heavy atom. The van der Waals surface area contributed by atoms with Gasteiger partial charge in [-0.05, 0) is 25.8 Å². The summed E-state index contributed by atoms with van der Waals surface area (Å²) in [4.78, 5) is 10.7. The number of nitrogens with one attached hydrogen (secondary N) is 1. The number of rotatable bonds is 7. The molecule has 1 N–H and O–H groups in total. The van der Waals surface area contributed by atoms with Crippen molar-refractivity contribution in [3.63, 3.8) is 0 Å². The highest BCUT2D eigenvalue weighted by Gasteiger charge is 2.09. The second-order valence-electron chi connectivity index (χ2n) is 5.97. The van der Waals surface area contributed by atoms with Crippen LogP contribution in [0.4, 0.5) is 0 Å². The van der Waals surface area contributed by atoms with E-state index < -0.39 is 0 Å². The van der Waals surface area contributed by atoms with Crippen molar-refractivity contribution in [3.05, 3.63) is 41.2 Å². The van der Waals surface area contributed by atoms with E-state index in [9.17, 15) is 0 Å². The zero-order chi connectivity index (χ0) is 17.5. The Balaban J connectivity index is 0.00000312. The van der Waals surface area contributed by atoms with Crippen LogP contribution in [0.25, 0.3) is 0 Å². The lowest BCUT2D eigenvalue weighted by molar-refractivity contribution is 0.459. The quantitative estimate of drug-likeness (QED) is 0.288. The predicted octanol–water partition coefficient (Wildman–Crippen LogP) is 3.29. The third kappa shape index (κ3) is 6.54. The van der Waals surface area contributed by atoms with Gasteiger partial charge < -0.3 is 19.4 Å². The zero-order valence-corrected chi connectivity index (χ0v) is 18.5. The smallest absolute Gasteiger partial charge is 0.193 e. The molecule has 0 aliphatic rings. The highest BCUT2D eigenvalue weighted by molar-refractivity contribution is 14.0. The highest BCUT2D eigenvalue weighted by atomic mass is 127. The second kappa shape index (κ2) is 10.7. The third-order valence-corrected chi connectivity index (χ3v) is 4.29. The van der Waals surface area contributed by atoms with Crippen LogP contribution >= 0.6 is 35.6 Å². The Hall–Kier alpha value is -1.22. The van der Waals surface area contributed by atoms with E-state index in [4.69, 9.17) is 11.6 Å². The first-order valence-electron chi connectivity index (χ1n) is 8.21. The summed E-state index contributed by atoms with van der Waals surface area (Å²) in [5.74, 6) is 1.96. The summed E-state index contributed by atoms with van der Waals surface area (Å²) >= 11 is 6.04. The molecule has 0 unspecified atom stereocenters. The molecule has 0 atom stereocenters. The van der Waals surface area contributed by atoms with Gasteiger partial charge in [0.05, 0.1) is 11.6 Å². The summed E-state index contributed by atoms with van der Waals surface area (Å²) in [6.45, 7) is 4.70. The minimum absolute atomic E-state index is 0. The van der Waals surface area contributed by atoms with Crippen LogP contribution in [0.1, 0.15) is 24.4 Å². The van der Waals surface area contributed by atoms with Gasteiger partial charge in [-0.1, -0.05) is 11.6 Å². The van der Waals surface area contributed by atoms with Crippen LogP contribution in [0.3, 0.4) is 0 Å². The number of nitrogens with zero attached hydrogens (tertiary/aromatic N) is 5. The van der Waals surface area contributed by atoms with Crippen LogP contribution in [0.2, 0.25) is 5.02 Å². The molecular formula is C17H28ClIN6. The van der Waals surface area contributed by atoms with Crippen LogP contribution in [0.5, 0.6) is 0 Å². The molecule has 0 radical (unpaired) electrons. The van der Waals surface area contributed by atoms with Gasteiger partial charge >= 0.3 is 0 Å². The standard InChI is InChI=1S/C17H27ClN6.HI/c1-14-20-8-10-24(14)9-6-5-7-21-17(19-2)23(4)13-16-11-15(18)12-22(16)3;/h8,10-12H,5-7,9,13H2,1-4H3,(H,19,21);1H. The number of hydrogen-bond acceptors (Lipinski definition) is 2. The van der Waals surface area contributed by atoms with E-state index in [1.165, 1.54) is 0 Å². The van der Waals surface area contributed by atoms with Crippen molar-refractivity contribution in [3.8, 4) is 0 Å². The van der Waals surface area contributed by atoms with Crippen LogP contribution in [0, 0.1) is 6.92 Å². The molecule has 0 saturated carbocycles. The van der Waals surface area contributed by atoms with Crippen molar-refractivity contribution in [1.82, 2.24) is 24.3 Å². The maximum absolute atomic E-state index is 6.04. The summed E-state index contributed by atoms with van der Waals surface area (Å²) in [7, 11) is 5.85. The normalized spacial score (nSPS) is 11.3. The minimum atomic E-state index is 0. The molecule has 2 aromatic rings. The molecule has 0 spiro atoms. The molecule has 0 aliphatic carbocycles. The molecule has 25 heavy (non-hydrogen) atoms. The number of aliphatic imine (C=N–C) groups is 1. The molecule has 0 bridgehead atoms. The number of hydrogen-bond donors (Lipinski definition) is 1. The number of unbranched alkanes of at least 4 members (excludes halogenated alkanes) is 1. The van der Waals surface area contributed by atoms with Gasteiger partial charge in [0.25, 0.3) is 0 Å². The number of imidazole rings is 1. The molecule has 0 aromatic carbocycles. The van der Waals surface area contributed by atoms with Crippen molar-refractivity contribution in [2.24, 2.45) is 12.0 Å². The van der Waals surface area contributed by atoms with Gasteiger partial charge in [-0.3, -0.25) is 4.99 Å². The molecule has 2 heterocycles. The average molecular weight is 479 g/mol. The lowest BCUT2D eigenvalue weighted by Crippen LogP contribution is -2.39. The van der Waals surface area contributed by atoms with Crippen molar-refractivity contribution in [2.75, 3.05) is 20.6 Å². The maximum atomic E-state index is 6.04. The fourth-order valence-electron chi connectivity index (χ4n) is 2.67.